The lowest BCUT2D eigenvalue weighted by Gasteiger charge is -2.14. The Morgan fingerprint density at radius 3 is 2.57 bits per heavy atom. The molecule has 2 amide bonds. The van der Waals surface area contributed by atoms with Crippen LogP contribution in [0.1, 0.15) is 27.0 Å². The van der Waals surface area contributed by atoms with Crippen LogP contribution in [0.15, 0.2) is 94.3 Å². The molecule has 5 rings (SSSR count). The molecule has 6 nitrogen and oxygen atoms in total. The first kappa shape index (κ1) is 24.8. The zero-order valence-electron chi connectivity index (χ0n) is 19.4. The number of amides is 2. The molecule has 1 fully saturated rings. The number of fused-ring (bicyclic) bond motifs is 1. The van der Waals surface area contributed by atoms with Crippen molar-refractivity contribution in [3.8, 4) is 5.75 Å². The average molecular weight is 574 g/mol. The largest absolute Gasteiger partial charge is 0.488 e. The van der Waals surface area contributed by atoms with Crippen LogP contribution in [0.5, 0.6) is 5.75 Å². The van der Waals surface area contributed by atoms with Crippen LogP contribution in [0.3, 0.4) is 0 Å². The molecule has 4 aromatic carbocycles. The van der Waals surface area contributed by atoms with E-state index in [0.717, 1.165) is 39.2 Å². The highest BCUT2D eigenvalue weighted by Crippen LogP contribution is 2.35. The molecule has 1 aliphatic heterocycles. The molecule has 0 atom stereocenters. The number of hydrogen-bond donors (Lipinski definition) is 1. The van der Waals surface area contributed by atoms with Crippen molar-refractivity contribution in [2.24, 2.45) is 0 Å². The van der Waals surface area contributed by atoms with Gasteiger partial charge in [0.15, 0.2) is 0 Å². The average Bonchev–Trinajstić information content (AvgIpc) is 3.16. The summed E-state index contributed by atoms with van der Waals surface area (Å²) in [5.41, 5.74) is 2.59. The Kier molecular flexibility index (Phi) is 7.12. The maximum absolute atomic E-state index is 13.1. The third-order valence-corrected chi connectivity index (χ3v) is 7.43. The number of nitrogens with zero attached hydrogens (tertiary/aromatic N) is 1. The van der Waals surface area contributed by atoms with Gasteiger partial charge in [0.25, 0.3) is 11.1 Å². The van der Waals surface area contributed by atoms with Crippen molar-refractivity contribution in [2.45, 2.75) is 13.2 Å². The van der Waals surface area contributed by atoms with Crippen LogP contribution in [0.2, 0.25) is 0 Å². The van der Waals surface area contributed by atoms with Gasteiger partial charge in [-0.05, 0) is 85.5 Å². The van der Waals surface area contributed by atoms with Gasteiger partial charge in [0, 0.05) is 0 Å². The van der Waals surface area contributed by atoms with Crippen LogP contribution in [-0.2, 0) is 17.9 Å². The van der Waals surface area contributed by atoms with Gasteiger partial charge < -0.3 is 9.84 Å². The zero-order chi connectivity index (χ0) is 25.9. The Morgan fingerprint density at radius 1 is 0.973 bits per heavy atom. The maximum atomic E-state index is 13.1. The first-order chi connectivity index (χ1) is 17.9. The lowest BCUT2D eigenvalue weighted by Crippen LogP contribution is -2.27. The number of thioether (sulfide) groups is 1. The van der Waals surface area contributed by atoms with E-state index in [4.69, 9.17) is 9.84 Å². The predicted octanol–water partition coefficient (Wildman–Crippen LogP) is 7.12. The summed E-state index contributed by atoms with van der Waals surface area (Å²) in [5, 5.41) is 10.9. The van der Waals surface area contributed by atoms with Gasteiger partial charge in [0.05, 0.1) is 21.5 Å². The number of ether oxygens (including phenoxy) is 1. The summed E-state index contributed by atoms with van der Waals surface area (Å²) in [6, 6.07) is 25.7. The fraction of sp³-hybridized carbons (Fsp3) is 0.0690. The van der Waals surface area contributed by atoms with Crippen molar-refractivity contribution in [1.29, 1.82) is 0 Å². The number of aromatic carboxylic acids is 1. The van der Waals surface area contributed by atoms with Gasteiger partial charge >= 0.3 is 5.97 Å². The molecule has 8 heteroatoms. The van der Waals surface area contributed by atoms with E-state index in [2.05, 4.69) is 15.9 Å². The number of imide groups is 1. The Bertz CT molecular complexity index is 1580. The summed E-state index contributed by atoms with van der Waals surface area (Å²) in [5.74, 6) is -0.742. The molecular formula is C29H20BrNO5S. The fourth-order valence-electron chi connectivity index (χ4n) is 4.07. The van der Waals surface area contributed by atoms with E-state index in [0.29, 0.717) is 15.1 Å². The molecule has 0 radical (unpaired) electrons. The van der Waals surface area contributed by atoms with Crippen LogP contribution in [0.25, 0.3) is 16.8 Å². The molecule has 0 aromatic heterocycles. The molecule has 1 heterocycles. The van der Waals surface area contributed by atoms with Crippen molar-refractivity contribution in [1.82, 2.24) is 4.90 Å². The molecule has 0 aliphatic carbocycles. The lowest BCUT2D eigenvalue weighted by molar-refractivity contribution is -0.123. The van der Waals surface area contributed by atoms with Crippen molar-refractivity contribution < 1.29 is 24.2 Å². The van der Waals surface area contributed by atoms with Crippen LogP contribution < -0.4 is 4.74 Å². The third kappa shape index (κ3) is 5.45. The summed E-state index contributed by atoms with van der Waals surface area (Å²) in [6.07, 6.45) is 1.69. The van der Waals surface area contributed by atoms with Crippen molar-refractivity contribution in [2.75, 3.05) is 0 Å². The number of carbonyl (C=O) groups excluding carboxylic acids is 2. The first-order valence-corrected chi connectivity index (χ1v) is 13.0. The van der Waals surface area contributed by atoms with Gasteiger partial charge in [-0.1, -0.05) is 60.7 Å². The molecule has 184 valence electrons. The number of rotatable bonds is 7. The standard InChI is InChI=1S/C29H20BrNO5S/c30-24-14-18(11-12-25(24)36-17-19-5-3-8-21(13-19)28(33)34)15-26-27(32)31(29(35)37-26)16-22-9-4-7-20-6-1-2-10-23(20)22/h1-15H,16-17H2,(H,33,34)/b26-15+. The quantitative estimate of drug-likeness (QED) is 0.237. The summed E-state index contributed by atoms with van der Waals surface area (Å²) in [6.45, 7) is 0.412. The number of halogens is 1. The predicted molar refractivity (Wildman–Crippen MR) is 147 cm³/mol. The minimum atomic E-state index is -0.992. The van der Waals surface area contributed by atoms with E-state index in [9.17, 15) is 14.4 Å². The number of hydrogen-bond acceptors (Lipinski definition) is 5. The molecule has 1 N–H and O–H groups in total. The molecule has 4 aromatic rings. The molecule has 1 aliphatic rings. The van der Waals surface area contributed by atoms with Gasteiger partial charge in [-0.2, -0.15) is 0 Å². The van der Waals surface area contributed by atoms with Gasteiger partial charge in [-0.15, -0.1) is 0 Å². The monoisotopic (exact) mass is 573 g/mol. The minimum absolute atomic E-state index is 0.199. The highest BCUT2D eigenvalue weighted by atomic mass is 79.9. The van der Waals surface area contributed by atoms with Gasteiger partial charge in [0.1, 0.15) is 12.4 Å². The number of carboxylic acids is 1. The second-order valence-corrected chi connectivity index (χ2v) is 10.2. The summed E-state index contributed by atoms with van der Waals surface area (Å²) in [7, 11) is 0. The Balaban J connectivity index is 1.29. The highest BCUT2D eigenvalue weighted by molar-refractivity contribution is 9.10. The topological polar surface area (TPSA) is 83.9 Å². The third-order valence-electron chi connectivity index (χ3n) is 5.90. The van der Waals surface area contributed by atoms with E-state index >= 15 is 0 Å². The van der Waals surface area contributed by atoms with E-state index in [1.54, 1.807) is 36.4 Å². The summed E-state index contributed by atoms with van der Waals surface area (Å²) >= 11 is 4.42. The first-order valence-electron chi connectivity index (χ1n) is 11.4. The lowest BCUT2D eigenvalue weighted by atomic mass is 10.0. The highest BCUT2D eigenvalue weighted by Gasteiger charge is 2.35. The summed E-state index contributed by atoms with van der Waals surface area (Å²) < 4.78 is 6.52. The molecule has 0 unspecified atom stereocenters. The van der Waals surface area contributed by atoms with E-state index in [-0.39, 0.29) is 29.9 Å². The van der Waals surface area contributed by atoms with E-state index < -0.39 is 5.97 Å². The number of carboxylic acid groups (broad SMARTS) is 1. The molecule has 0 bridgehead atoms. The summed E-state index contributed by atoms with van der Waals surface area (Å²) in [4.78, 5) is 38.6. The Labute approximate surface area is 225 Å². The van der Waals surface area contributed by atoms with Gasteiger partial charge in [-0.25, -0.2) is 4.79 Å². The smallest absolute Gasteiger partial charge is 0.335 e. The fourth-order valence-corrected chi connectivity index (χ4v) is 5.42. The van der Waals surface area contributed by atoms with Crippen LogP contribution >= 0.6 is 27.7 Å². The molecule has 0 saturated carbocycles. The van der Waals surface area contributed by atoms with Crippen LogP contribution in [0, 0.1) is 0 Å². The molecule has 37 heavy (non-hydrogen) atoms. The molecular weight excluding hydrogens is 554 g/mol. The van der Waals surface area contributed by atoms with Gasteiger partial charge in [0.2, 0.25) is 0 Å². The van der Waals surface area contributed by atoms with Crippen LogP contribution in [0.4, 0.5) is 4.79 Å². The molecule has 0 spiro atoms. The van der Waals surface area contributed by atoms with E-state index in [1.807, 2.05) is 48.5 Å². The van der Waals surface area contributed by atoms with Gasteiger partial charge in [-0.3, -0.25) is 14.5 Å². The second kappa shape index (κ2) is 10.6. The number of carbonyl (C=O) groups is 3. The van der Waals surface area contributed by atoms with Crippen molar-refractivity contribution in [3.05, 3.63) is 117 Å². The zero-order valence-corrected chi connectivity index (χ0v) is 21.8. The Morgan fingerprint density at radius 2 is 1.76 bits per heavy atom. The minimum Gasteiger partial charge on any atom is -0.488 e. The normalized spacial score (nSPS) is 14.5. The Hall–Kier alpha value is -3.88. The van der Waals surface area contributed by atoms with Crippen LogP contribution in [-0.4, -0.2) is 27.1 Å². The van der Waals surface area contributed by atoms with Crippen molar-refractivity contribution in [3.63, 3.8) is 0 Å². The number of benzene rings is 4. The maximum Gasteiger partial charge on any atom is 0.335 e. The van der Waals surface area contributed by atoms with E-state index in [1.165, 1.54) is 11.0 Å². The SMILES string of the molecule is O=C(O)c1cccc(COc2ccc(/C=C3/SC(=O)N(Cc4cccc5ccccc45)C3=O)cc2Br)c1. The second-order valence-electron chi connectivity index (χ2n) is 8.39. The molecule has 1 saturated heterocycles. The van der Waals surface area contributed by atoms with Crippen molar-refractivity contribution >= 4 is 61.7 Å².